The Morgan fingerprint density at radius 3 is 2.89 bits per heavy atom. The molecule has 2 heterocycles. The number of amides is 1. The molecule has 27 heavy (non-hydrogen) atoms. The second-order valence-corrected chi connectivity index (χ2v) is 7.77. The number of hydrogen-bond donors (Lipinski definition) is 2. The van der Waals surface area contributed by atoms with Crippen molar-refractivity contribution in [3.63, 3.8) is 0 Å². The van der Waals surface area contributed by atoms with Crippen molar-refractivity contribution >= 4 is 17.2 Å². The third-order valence-corrected chi connectivity index (χ3v) is 6.01. The molecule has 2 atom stereocenters. The fourth-order valence-electron chi connectivity index (χ4n) is 3.59. The molecule has 6 nitrogen and oxygen atoms in total. The molecular weight excluding hydrogens is 358 g/mol. The van der Waals surface area contributed by atoms with Gasteiger partial charge in [0.05, 0.1) is 11.9 Å². The molecule has 0 spiro atoms. The third-order valence-electron chi connectivity index (χ3n) is 5.12. The summed E-state index contributed by atoms with van der Waals surface area (Å²) in [5.41, 5.74) is 8.22. The lowest BCUT2D eigenvalue weighted by Gasteiger charge is -2.31. The molecule has 7 heteroatoms. The van der Waals surface area contributed by atoms with Crippen LogP contribution in [0.2, 0.25) is 0 Å². The minimum absolute atomic E-state index is 0.113. The first-order valence-electron chi connectivity index (χ1n) is 9.31. The maximum Gasteiger partial charge on any atom is 0.271 e. The fraction of sp³-hybridized carbons (Fsp3) is 0.350. The summed E-state index contributed by atoms with van der Waals surface area (Å²) >= 11 is 1.46. The minimum Gasteiger partial charge on any atom is -0.348 e. The number of para-hydroxylation sites is 1. The molecule has 1 amide bonds. The number of rotatable bonds is 5. The van der Waals surface area contributed by atoms with Gasteiger partial charge in [-0.05, 0) is 37.4 Å². The van der Waals surface area contributed by atoms with Gasteiger partial charge in [-0.3, -0.25) is 4.79 Å². The van der Waals surface area contributed by atoms with E-state index < -0.39 is 0 Å². The number of thiazole rings is 1. The maximum absolute atomic E-state index is 12.6. The average molecular weight is 382 g/mol. The van der Waals surface area contributed by atoms with Gasteiger partial charge in [-0.1, -0.05) is 31.0 Å². The lowest BCUT2D eigenvalue weighted by atomic mass is 9.84. The van der Waals surface area contributed by atoms with E-state index >= 15 is 0 Å². The quantitative estimate of drug-likeness (QED) is 0.710. The van der Waals surface area contributed by atoms with Gasteiger partial charge < -0.3 is 11.1 Å². The highest BCUT2D eigenvalue weighted by molar-refractivity contribution is 7.13. The smallest absolute Gasteiger partial charge is 0.271 e. The van der Waals surface area contributed by atoms with Crippen molar-refractivity contribution in [1.29, 1.82) is 0 Å². The van der Waals surface area contributed by atoms with Crippen molar-refractivity contribution in [2.24, 2.45) is 11.7 Å². The first-order chi connectivity index (χ1) is 13.2. The van der Waals surface area contributed by atoms with Crippen LogP contribution in [0.25, 0.3) is 16.3 Å². The van der Waals surface area contributed by atoms with Crippen LogP contribution < -0.4 is 11.1 Å². The molecule has 2 aromatic heterocycles. The van der Waals surface area contributed by atoms with Gasteiger partial charge in [-0.25, -0.2) is 9.67 Å². The van der Waals surface area contributed by atoms with Crippen LogP contribution in [0.5, 0.6) is 0 Å². The van der Waals surface area contributed by atoms with Crippen LogP contribution in [0.3, 0.4) is 0 Å². The number of nitrogens with two attached hydrogens (primary N) is 1. The number of nitrogens with zero attached hydrogens (tertiary/aromatic N) is 3. The van der Waals surface area contributed by atoms with Gasteiger partial charge in [0.2, 0.25) is 0 Å². The van der Waals surface area contributed by atoms with E-state index in [1.54, 1.807) is 6.20 Å². The molecule has 1 aromatic carbocycles. The molecule has 1 aliphatic carbocycles. The number of carbonyl (C=O) groups excluding carboxylic acids is 1. The Hall–Kier alpha value is -2.51. The molecule has 140 valence electrons. The molecule has 0 radical (unpaired) electrons. The summed E-state index contributed by atoms with van der Waals surface area (Å²) in [6.07, 6.45) is 8.13. The zero-order valence-corrected chi connectivity index (χ0v) is 15.9. The van der Waals surface area contributed by atoms with E-state index in [2.05, 4.69) is 15.4 Å². The summed E-state index contributed by atoms with van der Waals surface area (Å²) < 4.78 is 1.81. The van der Waals surface area contributed by atoms with Crippen LogP contribution in [-0.4, -0.2) is 33.3 Å². The Balaban J connectivity index is 1.47. The average Bonchev–Trinajstić information content (AvgIpc) is 3.39. The second kappa shape index (κ2) is 8.02. The highest BCUT2D eigenvalue weighted by atomic mass is 32.1. The van der Waals surface area contributed by atoms with Gasteiger partial charge in [-0.15, -0.1) is 11.3 Å². The van der Waals surface area contributed by atoms with E-state index in [4.69, 9.17) is 5.73 Å². The Labute approximate surface area is 162 Å². The zero-order valence-electron chi connectivity index (χ0n) is 15.0. The van der Waals surface area contributed by atoms with Gasteiger partial charge >= 0.3 is 0 Å². The monoisotopic (exact) mass is 381 g/mol. The first-order valence-corrected chi connectivity index (χ1v) is 10.2. The van der Waals surface area contributed by atoms with Gasteiger partial charge in [0.1, 0.15) is 10.7 Å². The molecule has 4 rings (SSSR count). The number of nitrogens with one attached hydrogen (secondary N) is 1. The van der Waals surface area contributed by atoms with Crippen molar-refractivity contribution in [1.82, 2.24) is 20.1 Å². The lowest BCUT2D eigenvalue weighted by Crippen LogP contribution is -2.44. The Bertz CT molecular complexity index is 904. The van der Waals surface area contributed by atoms with E-state index in [9.17, 15) is 4.79 Å². The van der Waals surface area contributed by atoms with E-state index in [0.717, 1.165) is 35.5 Å². The van der Waals surface area contributed by atoms with Crippen molar-refractivity contribution in [3.05, 3.63) is 53.8 Å². The summed E-state index contributed by atoms with van der Waals surface area (Å²) in [5, 5.41) is 10.1. The number of hydrogen-bond acceptors (Lipinski definition) is 5. The van der Waals surface area contributed by atoms with E-state index in [-0.39, 0.29) is 11.9 Å². The fourth-order valence-corrected chi connectivity index (χ4v) is 4.36. The molecule has 2 unspecified atom stereocenters. The highest BCUT2D eigenvalue weighted by Gasteiger charge is 2.26. The molecule has 1 aliphatic rings. The Kier molecular flexibility index (Phi) is 5.31. The molecule has 3 aromatic rings. The zero-order chi connectivity index (χ0) is 18.6. The van der Waals surface area contributed by atoms with Crippen molar-refractivity contribution in [3.8, 4) is 16.3 Å². The van der Waals surface area contributed by atoms with E-state index in [1.165, 1.54) is 17.8 Å². The predicted molar refractivity (Wildman–Crippen MR) is 107 cm³/mol. The Morgan fingerprint density at radius 1 is 1.26 bits per heavy atom. The van der Waals surface area contributed by atoms with Gasteiger partial charge in [0.15, 0.2) is 0 Å². The topological polar surface area (TPSA) is 85.8 Å². The highest BCUT2D eigenvalue weighted by Crippen LogP contribution is 2.26. The van der Waals surface area contributed by atoms with Crippen LogP contribution >= 0.6 is 11.3 Å². The van der Waals surface area contributed by atoms with Crippen LogP contribution in [0.4, 0.5) is 0 Å². The summed E-state index contributed by atoms with van der Waals surface area (Å²) in [4.78, 5) is 17.1. The summed E-state index contributed by atoms with van der Waals surface area (Å²) in [6.45, 7) is 0.617. The van der Waals surface area contributed by atoms with Gasteiger partial charge in [-0.2, -0.15) is 5.10 Å². The molecule has 0 aliphatic heterocycles. The number of carbonyl (C=O) groups is 1. The predicted octanol–water partition coefficient (Wildman–Crippen LogP) is 3.24. The van der Waals surface area contributed by atoms with Crippen molar-refractivity contribution in [2.45, 2.75) is 31.7 Å². The maximum atomic E-state index is 12.6. The van der Waals surface area contributed by atoms with E-state index in [1.807, 2.05) is 46.6 Å². The molecular formula is C20H23N5OS. The summed E-state index contributed by atoms with van der Waals surface area (Å²) in [6, 6.07) is 10.1. The first kappa shape index (κ1) is 17.9. The van der Waals surface area contributed by atoms with Crippen molar-refractivity contribution in [2.75, 3.05) is 6.54 Å². The minimum atomic E-state index is -0.113. The molecule has 1 fully saturated rings. The van der Waals surface area contributed by atoms with Crippen LogP contribution in [0.1, 0.15) is 36.2 Å². The Morgan fingerprint density at radius 2 is 2.07 bits per heavy atom. The third kappa shape index (κ3) is 3.94. The number of benzene rings is 1. The lowest BCUT2D eigenvalue weighted by molar-refractivity contribution is 0.0903. The molecule has 3 N–H and O–H groups in total. The van der Waals surface area contributed by atoms with Crippen LogP contribution in [0, 0.1) is 5.92 Å². The normalized spacial score (nSPS) is 19.7. The largest absolute Gasteiger partial charge is 0.348 e. The van der Waals surface area contributed by atoms with Gasteiger partial charge in [0.25, 0.3) is 5.91 Å². The molecule has 1 saturated carbocycles. The van der Waals surface area contributed by atoms with Gasteiger partial charge in [0, 0.05) is 23.2 Å². The van der Waals surface area contributed by atoms with E-state index in [0.29, 0.717) is 18.2 Å². The molecule has 0 bridgehead atoms. The van der Waals surface area contributed by atoms with Crippen LogP contribution in [-0.2, 0) is 0 Å². The summed E-state index contributed by atoms with van der Waals surface area (Å²) in [7, 11) is 0. The van der Waals surface area contributed by atoms with Crippen molar-refractivity contribution < 1.29 is 4.79 Å². The standard InChI is InChI=1S/C20H23N5OS/c21-10-14-6-4-5-9-17(14)23-19(26)18-13-27-20(24-18)15-11-22-25(12-15)16-7-2-1-3-8-16/h1-3,7-8,11-14,17H,4-6,9-10,21H2,(H,23,26). The summed E-state index contributed by atoms with van der Waals surface area (Å²) in [5.74, 6) is 0.253. The number of aromatic nitrogens is 3. The van der Waals surface area contributed by atoms with Crippen LogP contribution in [0.15, 0.2) is 48.1 Å². The SMILES string of the molecule is NCC1CCCCC1NC(=O)c1csc(-c2cnn(-c3ccccc3)c2)n1. The molecule has 0 saturated heterocycles. The second-order valence-electron chi connectivity index (χ2n) is 6.91.